The van der Waals surface area contributed by atoms with Crippen LogP contribution in [0, 0.1) is 0 Å². The van der Waals surface area contributed by atoms with E-state index >= 15 is 0 Å². The van der Waals surface area contributed by atoms with Crippen molar-refractivity contribution in [2.24, 2.45) is 0 Å². The molecule has 0 fully saturated rings. The third kappa shape index (κ3) is 3.27. The SMILES string of the molecule is C1=CC2=C(CC1)Oc1cccc3c1N2c1cc(N2c4ccccc4Oc4ccccc42)cc2c1B3c1cccc3c1N2c1ccccc1O3. The van der Waals surface area contributed by atoms with Crippen molar-refractivity contribution in [3.05, 3.63) is 145 Å². The maximum Gasteiger partial charge on any atom is 0.252 e. The van der Waals surface area contributed by atoms with E-state index in [-0.39, 0.29) is 6.71 Å². The number of para-hydroxylation sites is 8. The molecule has 0 bridgehead atoms. The Labute approximate surface area is 283 Å². The number of allylic oxidation sites excluding steroid dienone is 3. The Bertz CT molecular complexity index is 2490. The third-order valence-electron chi connectivity index (χ3n) is 10.6. The van der Waals surface area contributed by atoms with Crippen molar-refractivity contribution in [2.75, 3.05) is 14.7 Å². The summed E-state index contributed by atoms with van der Waals surface area (Å²) in [6.07, 6.45) is 6.34. The second-order valence-electron chi connectivity index (χ2n) is 13.2. The van der Waals surface area contributed by atoms with Crippen molar-refractivity contribution in [3.63, 3.8) is 0 Å². The van der Waals surface area contributed by atoms with E-state index in [2.05, 4.69) is 118 Å². The van der Waals surface area contributed by atoms with Crippen LogP contribution in [-0.4, -0.2) is 6.71 Å². The van der Waals surface area contributed by atoms with Gasteiger partial charge in [0.05, 0.1) is 39.8 Å². The Morgan fingerprint density at radius 3 is 1.69 bits per heavy atom. The van der Waals surface area contributed by atoms with Crippen molar-refractivity contribution < 1.29 is 14.2 Å². The summed E-state index contributed by atoms with van der Waals surface area (Å²) in [6.45, 7) is -0.0205. The van der Waals surface area contributed by atoms with Crippen LogP contribution in [-0.2, 0) is 0 Å². The van der Waals surface area contributed by atoms with Crippen LogP contribution in [0.3, 0.4) is 0 Å². The van der Waals surface area contributed by atoms with Gasteiger partial charge >= 0.3 is 0 Å². The van der Waals surface area contributed by atoms with Gasteiger partial charge in [-0.15, -0.1) is 0 Å². The average molecular weight is 632 g/mol. The molecular weight excluding hydrogens is 605 g/mol. The van der Waals surface area contributed by atoms with Crippen LogP contribution < -0.4 is 45.3 Å². The summed E-state index contributed by atoms with van der Waals surface area (Å²) in [4.78, 5) is 7.25. The molecule has 1 aliphatic carbocycles. The maximum absolute atomic E-state index is 6.71. The number of anilines is 8. The second kappa shape index (κ2) is 9.17. The summed E-state index contributed by atoms with van der Waals surface area (Å²) in [6, 6.07) is 42.8. The van der Waals surface area contributed by atoms with E-state index in [4.69, 9.17) is 14.2 Å². The van der Waals surface area contributed by atoms with Crippen LogP contribution in [0.25, 0.3) is 0 Å². The Morgan fingerprint density at radius 1 is 0.490 bits per heavy atom. The molecular formula is C42H26BN3O3. The Balaban J connectivity index is 1.23. The molecule has 6 nitrogen and oxygen atoms in total. The molecule has 6 aromatic carbocycles. The van der Waals surface area contributed by atoms with Crippen LogP contribution in [0.4, 0.5) is 45.5 Å². The molecule has 0 unspecified atom stereocenters. The van der Waals surface area contributed by atoms with Gasteiger partial charge < -0.3 is 28.9 Å². The summed E-state index contributed by atoms with van der Waals surface area (Å²) >= 11 is 0. The zero-order valence-electron chi connectivity index (χ0n) is 26.3. The lowest BCUT2D eigenvalue weighted by atomic mass is 9.33. The quantitative estimate of drug-likeness (QED) is 0.168. The maximum atomic E-state index is 6.71. The lowest BCUT2D eigenvalue weighted by molar-refractivity contribution is 0.389. The molecule has 5 aliphatic heterocycles. The number of hydrogen-bond donors (Lipinski definition) is 0. The largest absolute Gasteiger partial charge is 0.457 e. The number of hydrogen-bond acceptors (Lipinski definition) is 6. The van der Waals surface area contributed by atoms with E-state index in [1.54, 1.807) is 0 Å². The van der Waals surface area contributed by atoms with E-state index in [0.29, 0.717) is 0 Å². The lowest BCUT2D eigenvalue weighted by Gasteiger charge is -2.48. The van der Waals surface area contributed by atoms with Crippen molar-refractivity contribution in [1.82, 2.24) is 0 Å². The van der Waals surface area contributed by atoms with Gasteiger partial charge in [0, 0.05) is 17.8 Å². The smallest absolute Gasteiger partial charge is 0.252 e. The van der Waals surface area contributed by atoms with Gasteiger partial charge in [-0.25, -0.2) is 0 Å². The van der Waals surface area contributed by atoms with E-state index < -0.39 is 0 Å². The van der Waals surface area contributed by atoms with Gasteiger partial charge in [-0.05, 0) is 89.5 Å². The number of benzene rings is 6. The molecule has 0 radical (unpaired) electrons. The fourth-order valence-electron chi connectivity index (χ4n) is 8.71. The highest BCUT2D eigenvalue weighted by Gasteiger charge is 2.48. The molecule has 49 heavy (non-hydrogen) atoms. The molecule has 0 saturated heterocycles. The predicted molar refractivity (Wildman–Crippen MR) is 195 cm³/mol. The van der Waals surface area contributed by atoms with E-state index in [9.17, 15) is 0 Å². The molecule has 12 rings (SSSR count). The van der Waals surface area contributed by atoms with Crippen molar-refractivity contribution in [3.8, 4) is 28.7 Å². The Morgan fingerprint density at radius 2 is 1.02 bits per heavy atom. The van der Waals surface area contributed by atoms with Gasteiger partial charge in [-0.2, -0.15) is 0 Å². The van der Waals surface area contributed by atoms with E-state index in [1.165, 1.54) is 16.4 Å². The minimum absolute atomic E-state index is 0.0205. The Hall–Kier alpha value is -6.34. The summed E-state index contributed by atoms with van der Waals surface area (Å²) in [5.74, 6) is 5.28. The first-order valence-corrected chi connectivity index (χ1v) is 16.9. The summed E-state index contributed by atoms with van der Waals surface area (Å²) < 4.78 is 19.8. The molecule has 0 saturated carbocycles. The lowest BCUT2D eigenvalue weighted by Crippen LogP contribution is -2.62. The number of nitrogens with zero attached hydrogens (tertiary/aromatic N) is 3. The topological polar surface area (TPSA) is 37.4 Å². The first-order valence-electron chi connectivity index (χ1n) is 16.9. The highest BCUT2D eigenvalue weighted by molar-refractivity contribution is 7.00. The van der Waals surface area contributed by atoms with Crippen molar-refractivity contribution in [2.45, 2.75) is 12.8 Å². The number of rotatable bonds is 1. The Kier molecular flexibility index (Phi) is 4.81. The van der Waals surface area contributed by atoms with Crippen LogP contribution in [0.5, 0.6) is 28.7 Å². The van der Waals surface area contributed by atoms with Gasteiger partial charge in [0.15, 0.2) is 28.7 Å². The molecule has 0 spiro atoms. The van der Waals surface area contributed by atoms with Gasteiger partial charge in [0.2, 0.25) is 0 Å². The molecule has 7 heteroatoms. The average Bonchev–Trinajstić information content (AvgIpc) is 3.15. The zero-order chi connectivity index (χ0) is 31.8. The molecule has 0 amide bonds. The summed E-state index contributed by atoms with van der Waals surface area (Å²) in [5.41, 5.74) is 13.4. The van der Waals surface area contributed by atoms with Gasteiger partial charge in [0.1, 0.15) is 5.76 Å². The summed E-state index contributed by atoms with van der Waals surface area (Å²) in [7, 11) is 0. The van der Waals surface area contributed by atoms with Crippen LogP contribution in [0.1, 0.15) is 12.8 Å². The van der Waals surface area contributed by atoms with E-state index in [0.717, 1.165) is 98.5 Å². The van der Waals surface area contributed by atoms with Gasteiger partial charge in [0.25, 0.3) is 6.71 Å². The third-order valence-corrected chi connectivity index (χ3v) is 10.6. The monoisotopic (exact) mass is 631 g/mol. The van der Waals surface area contributed by atoms with Crippen molar-refractivity contribution >= 4 is 68.6 Å². The minimum Gasteiger partial charge on any atom is -0.457 e. The molecule has 6 aliphatic rings. The minimum atomic E-state index is -0.0205. The normalized spacial score (nSPS) is 16.2. The molecule has 5 heterocycles. The molecule has 6 aromatic rings. The molecule has 0 atom stereocenters. The molecule has 230 valence electrons. The zero-order valence-corrected chi connectivity index (χ0v) is 26.3. The van der Waals surface area contributed by atoms with Crippen LogP contribution in [0.15, 0.2) is 145 Å². The molecule has 0 aromatic heterocycles. The fourth-order valence-corrected chi connectivity index (χ4v) is 8.71. The molecule has 0 N–H and O–H groups in total. The van der Waals surface area contributed by atoms with Crippen LogP contribution >= 0.6 is 0 Å². The number of fused-ring (bicyclic) bond motifs is 9. The fraction of sp³-hybridized carbons (Fsp3) is 0.0476. The highest BCUT2D eigenvalue weighted by Crippen LogP contribution is 2.57. The standard InChI is InChI=1S/C42H26BN3O3/c1-5-17-34-28(13-1)44(29-14-2-6-18-35(29)47-34)25-23-32-40-33(24-25)46-31-16-4-8-20-37(31)49-39-22-10-12-27(42(39)46)43(40)26-11-9-21-38-41(26)45(32)30-15-3-7-19-36(30)48-38/h1-7,9-19,21-24H,8,20H2. The number of ether oxygens (including phenoxy) is 3. The first-order chi connectivity index (χ1) is 24.3. The predicted octanol–water partition coefficient (Wildman–Crippen LogP) is 9.07. The van der Waals surface area contributed by atoms with E-state index in [1.807, 2.05) is 30.3 Å². The van der Waals surface area contributed by atoms with Crippen LogP contribution in [0.2, 0.25) is 0 Å². The summed E-state index contributed by atoms with van der Waals surface area (Å²) in [5, 5.41) is 0. The highest BCUT2D eigenvalue weighted by atomic mass is 16.5. The van der Waals surface area contributed by atoms with Crippen molar-refractivity contribution in [1.29, 1.82) is 0 Å². The van der Waals surface area contributed by atoms with Gasteiger partial charge in [-0.1, -0.05) is 66.7 Å². The van der Waals surface area contributed by atoms with Gasteiger partial charge in [-0.3, -0.25) is 0 Å². The first kappa shape index (κ1) is 25.7. The second-order valence-corrected chi connectivity index (χ2v) is 13.2.